The first-order chi connectivity index (χ1) is 14.1. The summed E-state index contributed by atoms with van der Waals surface area (Å²) in [4.78, 5) is 48.7. The average Bonchev–Trinajstić information content (AvgIpc) is 2.68. The van der Waals surface area contributed by atoms with Crippen LogP contribution in [0.3, 0.4) is 0 Å². The number of anilines is 1. The Balaban J connectivity index is 2.12. The minimum absolute atomic E-state index is 0.194. The number of carbonyl (C=O) groups is 3. The quantitative estimate of drug-likeness (QED) is 0.299. The Hall–Kier alpha value is -3.73. The Labute approximate surface area is 178 Å². The van der Waals surface area contributed by atoms with Crippen molar-refractivity contribution in [1.29, 1.82) is 0 Å². The Morgan fingerprint density at radius 2 is 1.93 bits per heavy atom. The van der Waals surface area contributed by atoms with Crippen LogP contribution in [0.25, 0.3) is 6.08 Å². The number of nitrogens with zero attached hydrogens (tertiary/aromatic N) is 2. The molecule has 30 heavy (non-hydrogen) atoms. The van der Waals surface area contributed by atoms with Crippen LogP contribution >= 0.6 is 15.9 Å². The monoisotopic (exact) mass is 475 g/mol. The fourth-order valence-electron chi connectivity index (χ4n) is 2.80. The van der Waals surface area contributed by atoms with Crippen molar-refractivity contribution in [3.05, 3.63) is 61.6 Å². The third-order valence-corrected chi connectivity index (χ3v) is 5.21. The summed E-state index contributed by atoms with van der Waals surface area (Å²) in [6, 6.07) is 5.77. The summed E-state index contributed by atoms with van der Waals surface area (Å²) < 4.78 is 5.67. The van der Waals surface area contributed by atoms with Crippen LogP contribution in [0.2, 0.25) is 0 Å². The molecule has 0 spiro atoms. The molecule has 1 heterocycles. The van der Waals surface area contributed by atoms with Crippen molar-refractivity contribution in [2.45, 2.75) is 6.92 Å². The van der Waals surface area contributed by atoms with Crippen molar-refractivity contribution < 1.29 is 29.2 Å². The number of phenolic OH excluding ortho intramolecular Hbond substituents is 1. The van der Waals surface area contributed by atoms with Crippen molar-refractivity contribution in [2.24, 2.45) is 0 Å². The standard InChI is InChI=1S/C19H14BrN3O7/c1-9-5-11(3-4-14(9)20)22-18(26)13(17(25)21-19(22)27)7-10-6-12(23(28)29)8-15(30-2)16(10)24/h3-8,24H,1-2H3,(H,21,25,27)/b13-7-. The maximum atomic E-state index is 12.9. The topological polar surface area (TPSA) is 139 Å². The number of barbiturate groups is 1. The number of ether oxygens (including phenoxy) is 1. The van der Waals surface area contributed by atoms with Crippen molar-refractivity contribution in [3.63, 3.8) is 0 Å². The largest absolute Gasteiger partial charge is 0.504 e. The zero-order valence-corrected chi connectivity index (χ0v) is 17.2. The first-order valence-electron chi connectivity index (χ1n) is 8.37. The number of halogens is 1. The lowest BCUT2D eigenvalue weighted by Crippen LogP contribution is -2.54. The summed E-state index contributed by atoms with van der Waals surface area (Å²) in [6.07, 6.45) is 0.966. The number of hydrogen-bond acceptors (Lipinski definition) is 7. The highest BCUT2D eigenvalue weighted by molar-refractivity contribution is 9.10. The van der Waals surface area contributed by atoms with Crippen molar-refractivity contribution >= 4 is 51.2 Å². The molecule has 11 heteroatoms. The minimum Gasteiger partial charge on any atom is -0.504 e. The smallest absolute Gasteiger partial charge is 0.335 e. The van der Waals surface area contributed by atoms with Gasteiger partial charge in [0.2, 0.25) is 0 Å². The molecular formula is C19H14BrN3O7. The zero-order valence-electron chi connectivity index (χ0n) is 15.6. The van der Waals surface area contributed by atoms with E-state index in [-0.39, 0.29) is 17.0 Å². The molecule has 0 aromatic heterocycles. The van der Waals surface area contributed by atoms with Crippen LogP contribution < -0.4 is 15.0 Å². The predicted molar refractivity (Wildman–Crippen MR) is 109 cm³/mol. The lowest BCUT2D eigenvalue weighted by Gasteiger charge is -2.26. The number of rotatable bonds is 4. The molecule has 1 aliphatic rings. The first-order valence-corrected chi connectivity index (χ1v) is 9.16. The number of benzene rings is 2. The van der Waals surface area contributed by atoms with E-state index in [1.54, 1.807) is 19.1 Å². The maximum absolute atomic E-state index is 12.9. The van der Waals surface area contributed by atoms with Gasteiger partial charge >= 0.3 is 6.03 Å². The summed E-state index contributed by atoms with van der Waals surface area (Å²) in [6.45, 7) is 1.76. The predicted octanol–water partition coefficient (Wildman–Crippen LogP) is 3.05. The van der Waals surface area contributed by atoms with Crippen LogP contribution in [0.4, 0.5) is 16.2 Å². The number of hydrogen-bond donors (Lipinski definition) is 2. The molecule has 0 aliphatic carbocycles. The number of aromatic hydroxyl groups is 1. The molecule has 154 valence electrons. The molecule has 0 radical (unpaired) electrons. The van der Waals surface area contributed by atoms with Gasteiger partial charge in [0.1, 0.15) is 5.57 Å². The molecule has 0 bridgehead atoms. The van der Waals surface area contributed by atoms with E-state index < -0.39 is 39.8 Å². The van der Waals surface area contributed by atoms with E-state index in [0.717, 1.165) is 33.1 Å². The molecule has 0 atom stereocenters. The number of amides is 4. The number of aryl methyl sites for hydroxylation is 1. The molecule has 2 N–H and O–H groups in total. The fourth-order valence-corrected chi connectivity index (χ4v) is 3.05. The average molecular weight is 476 g/mol. The Morgan fingerprint density at radius 3 is 2.53 bits per heavy atom. The van der Waals surface area contributed by atoms with Crippen molar-refractivity contribution in [3.8, 4) is 11.5 Å². The van der Waals surface area contributed by atoms with Crippen molar-refractivity contribution in [1.82, 2.24) is 5.32 Å². The zero-order chi connectivity index (χ0) is 22.2. The molecule has 0 unspecified atom stereocenters. The van der Waals surface area contributed by atoms with Gasteiger partial charge in [-0.05, 0) is 36.8 Å². The van der Waals surface area contributed by atoms with Gasteiger partial charge in [0.05, 0.1) is 23.8 Å². The highest BCUT2D eigenvalue weighted by Gasteiger charge is 2.37. The molecule has 1 saturated heterocycles. The number of nitro groups is 1. The van der Waals surface area contributed by atoms with Gasteiger partial charge in [0, 0.05) is 16.1 Å². The summed E-state index contributed by atoms with van der Waals surface area (Å²) in [7, 11) is 1.20. The fraction of sp³-hybridized carbons (Fsp3) is 0.105. The number of nitro benzene ring substituents is 1. The molecule has 2 aromatic rings. The maximum Gasteiger partial charge on any atom is 0.335 e. The summed E-state index contributed by atoms with van der Waals surface area (Å²) in [5, 5.41) is 23.5. The van der Waals surface area contributed by atoms with E-state index in [2.05, 4.69) is 15.9 Å². The van der Waals surface area contributed by atoms with Gasteiger partial charge in [-0.25, -0.2) is 9.69 Å². The Morgan fingerprint density at radius 1 is 1.23 bits per heavy atom. The molecular weight excluding hydrogens is 462 g/mol. The number of imide groups is 2. The normalized spacial score (nSPS) is 15.4. The molecule has 1 aliphatic heterocycles. The van der Waals surface area contributed by atoms with Gasteiger partial charge < -0.3 is 9.84 Å². The molecule has 2 aromatic carbocycles. The lowest BCUT2D eigenvalue weighted by atomic mass is 10.0. The second kappa shape index (κ2) is 7.95. The van der Waals surface area contributed by atoms with Crippen LogP contribution in [0.15, 0.2) is 40.4 Å². The number of carbonyl (C=O) groups excluding carboxylic acids is 3. The Kier molecular flexibility index (Phi) is 5.56. The van der Waals surface area contributed by atoms with Crippen LogP contribution in [0, 0.1) is 17.0 Å². The SMILES string of the molecule is COc1cc([N+](=O)[O-])cc(/C=C2/C(=O)NC(=O)N(c3ccc(Br)c(C)c3)C2=O)c1O. The first kappa shape index (κ1) is 21.0. The molecule has 1 fully saturated rings. The van der Waals surface area contributed by atoms with E-state index >= 15 is 0 Å². The highest BCUT2D eigenvalue weighted by Crippen LogP contribution is 2.36. The van der Waals surface area contributed by atoms with E-state index in [4.69, 9.17) is 4.74 Å². The van der Waals surface area contributed by atoms with Crippen LogP contribution in [0.5, 0.6) is 11.5 Å². The van der Waals surface area contributed by atoms with E-state index in [9.17, 15) is 29.6 Å². The Bertz CT molecular complexity index is 1140. The third kappa shape index (κ3) is 3.74. The van der Waals surface area contributed by atoms with Crippen LogP contribution in [-0.2, 0) is 9.59 Å². The van der Waals surface area contributed by atoms with E-state index in [1.165, 1.54) is 13.2 Å². The van der Waals surface area contributed by atoms with Gasteiger partial charge in [-0.15, -0.1) is 0 Å². The lowest BCUT2D eigenvalue weighted by molar-refractivity contribution is -0.385. The summed E-state index contributed by atoms with van der Waals surface area (Å²) >= 11 is 3.33. The number of phenols is 1. The summed E-state index contributed by atoms with van der Waals surface area (Å²) in [5.41, 5.74) is -0.139. The number of urea groups is 1. The number of methoxy groups -OCH3 is 1. The van der Waals surface area contributed by atoms with Crippen molar-refractivity contribution in [2.75, 3.05) is 12.0 Å². The molecule has 10 nitrogen and oxygen atoms in total. The van der Waals surface area contributed by atoms with E-state index in [1.807, 2.05) is 5.32 Å². The number of nitrogens with one attached hydrogen (secondary N) is 1. The minimum atomic E-state index is -1.00. The number of non-ortho nitro benzene ring substituents is 1. The van der Waals surface area contributed by atoms with Gasteiger partial charge in [-0.3, -0.25) is 25.0 Å². The third-order valence-electron chi connectivity index (χ3n) is 4.32. The van der Waals surface area contributed by atoms with Gasteiger partial charge in [-0.1, -0.05) is 15.9 Å². The molecule has 3 rings (SSSR count). The highest BCUT2D eigenvalue weighted by atomic mass is 79.9. The second-order valence-electron chi connectivity index (χ2n) is 6.23. The molecule has 0 saturated carbocycles. The van der Waals surface area contributed by atoms with Gasteiger partial charge in [0.25, 0.3) is 17.5 Å². The van der Waals surface area contributed by atoms with E-state index in [0.29, 0.717) is 0 Å². The van der Waals surface area contributed by atoms with Gasteiger partial charge in [0.15, 0.2) is 11.5 Å². The van der Waals surface area contributed by atoms with Gasteiger partial charge in [-0.2, -0.15) is 0 Å². The second-order valence-corrected chi connectivity index (χ2v) is 7.09. The van der Waals surface area contributed by atoms with Crippen LogP contribution in [-0.4, -0.2) is 35.0 Å². The summed E-state index contributed by atoms with van der Waals surface area (Å²) in [5.74, 6) is -2.66. The molecule has 4 amide bonds. The van der Waals surface area contributed by atoms with Crippen LogP contribution in [0.1, 0.15) is 11.1 Å².